The lowest BCUT2D eigenvalue weighted by molar-refractivity contribution is -0.120. The highest BCUT2D eigenvalue weighted by molar-refractivity contribution is 6.31. The molecule has 2 rings (SSSR count). The predicted octanol–water partition coefficient (Wildman–Crippen LogP) is 4.36. The number of carbonyl (C=O) groups is 1. The largest absolute Gasteiger partial charge is 0.355 e. The third-order valence-electron chi connectivity index (χ3n) is 3.69. The predicted molar refractivity (Wildman–Crippen MR) is 92.4 cm³/mol. The minimum absolute atomic E-state index is 0.00639. The lowest BCUT2D eigenvalue weighted by Gasteiger charge is -2.08. The Labute approximate surface area is 137 Å². The van der Waals surface area contributed by atoms with E-state index in [0.29, 0.717) is 23.9 Å². The molecule has 2 aromatic rings. The average molecular weight is 316 g/mol. The molecule has 3 heteroatoms. The van der Waals surface area contributed by atoms with Crippen molar-refractivity contribution in [1.29, 1.82) is 0 Å². The first-order valence-electron chi connectivity index (χ1n) is 7.65. The zero-order valence-corrected chi connectivity index (χ0v) is 13.9. The molecule has 1 N–H and O–H groups in total. The molecule has 0 aliphatic heterocycles. The zero-order chi connectivity index (χ0) is 15.9. The van der Waals surface area contributed by atoms with Crippen LogP contribution in [0.25, 0.3) is 0 Å². The summed E-state index contributed by atoms with van der Waals surface area (Å²) in [5.41, 5.74) is 3.44. The van der Waals surface area contributed by atoms with Gasteiger partial charge in [0.1, 0.15) is 0 Å². The van der Waals surface area contributed by atoms with Gasteiger partial charge >= 0.3 is 0 Å². The van der Waals surface area contributed by atoms with E-state index in [1.807, 2.05) is 18.2 Å². The number of benzene rings is 2. The highest BCUT2D eigenvalue weighted by atomic mass is 35.5. The summed E-state index contributed by atoms with van der Waals surface area (Å²) in [6.07, 6.45) is 1.17. The molecule has 1 amide bonds. The van der Waals surface area contributed by atoms with Crippen molar-refractivity contribution < 1.29 is 4.79 Å². The molecule has 0 heterocycles. The van der Waals surface area contributed by atoms with Crippen LogP contribution in [-0.4, -0.2) is 12.5 Å². The van der Waals surface area contributed by atoms with Gasteiger partial charge < -0.3 is 5.32 Å². The Balaban J connectivity index is 1.78. The van der Waals surface area contributed by atoms with E-state index < -0.39 is 0 Å². The van der Waals surface area contributed by atoms with Crippen molar-refractivity contribution in [2.75, 3.05) is 6.54 Å². The molecule has 0 fully saturated rings. The maximum Gasteiger partial charge on any atom is 0.224 e. The molecule has 0 aliphatic rings. The maximum absolute atomic E-state index is 11.9. The van der Waals surface area contributed by atoms with Crippen molar-refractivity contribution in [1.82, 2.24) is 5.32 Å². The first-order valence-corrected chi connectivity index (χ1v) is 8.03. The summed E-state index contributed by atoms with van der Waals surface area (Å²) in [5.74, 6) is 0.552. The monoisotopic (exact) mass is 315 g/mol. The Bertz CT molecular complexity index is 620. The molecule has 0 unspecified atom stereocenters. The van der Waals surface area contributed by atoms with Gasteiger partial charge in [-0.25, -0.2) is 0 Å². The van der Waals surface area contributed by atoms with Gasteiger partial charge in [0, 0.05) is 11.6 Å². The topological polar surface area (TPSA) is 29.1 Å². The van der Waals surface area contributed by atoms with Crippen LogP contribution in [-0.2, 0) is 17.6 Å². The van der Waals surface area contributed by atoms with E-state index in [1.54, 1.807) is 6.07 Å². The highest BCUT2D eigenvalue weighted by Gasteiger charge is 2.06. The smallest absolute Gasteiger partial charge is 0.224 e. The molecule has 0 atom stereocenters. The van der Waals surface area contributed by atoms with Crippen LogP contribution in [0.5, 0.6) is 0 Å². The van der Waals surface area contributed by atoms with Crippen molar-refractivity contribution in [3.05, 3.63) is 70.2 Å². The fourth-order valence-corrected chi connectivity index (χ4v) is 2.50. The van der Waals surface area contributed by atoms with Crippen LogP contribution in [0.3, 0.4) is 0 Å². The first-order chi connectivity index (χ1) is 10.6. The number of rotatable bonds is 6. The second-order valence-corrected chi connectivity index (χ2v) is 6.17. The van der Waals surface area contributed by atoms with Crippen LogP contribution < -0.4 is 5.32 Å². The number of amides is 1. The third kappa shape index (κ3) is 4.88. The Kier molecular flexibility index (Phi) is 6.02. The van der Waals surface area contributed by atoms with Crippen molar-refractivity contribution >= 4 is 17.5 Å². The zero-order valence-electron chi connectivity index (χ0n) is 13.1. The summed E-state index contributed by atoms with van der Waals surface area (Å²) in [7, 11) is 0. The van der Waals surface area contributed by atoms with Crippen molar-refractivity contribution in [2.24, 2.45) is 0 Å². The molecular weight excluding hydrogens is 294 g/mol. The molecular formula is C19H22ClNO. The van der Waals surface area contributed by atoms with Crippen molar-refractivity contribution in [3.63, 3.8) is 0 Å². The SMILES string of the molecule is CC(C)c1ccc(CCNC(=O)Cc2ccccc2Cl)cc1. The van der Waals surface area contributed by atoms with Crippen LogP contribution in [0.1, 0.15) is 36.5 Å². The van der Waals surface area contributed by atoms with Gasteiger partial charge in [0.15, 0.2) is 0 Å². The Morgan fingerprint density at radius 3 is 2.41 bits per heavy atom. The van der Waals surface area contributed by atoms with E-state index in [1.165, 1.54) is 11.1 Å². The molecule has 22 heavy (non-hydrogen) atoms. The number of hydrogen-bond acceptors (Lipinski definition) is 1. The normalized spacial score (nSPS) is 10.7. The van der Waals surface area contributed by atoms with Gasteiger partial charge in [-0.15, -0.1) is 0 Å². The number of halogens is 1. The quantitative estimate of drug-likeness (QED) is 0.843. The Morgan fingerprint density at radius 2 is 1.77 bits per heavy atom. The molecule has 0 spiro atoms. The first kappa shape index (κ1) is 16.6. The van der Waals surface area contributed by atoms with Crippen LogP contribution in [0.4, 0.5) is 0 Å². The van der Waals surface area contributed by atoms with E-state index >= 15 is 0 Å². The molecule has 0 aliphatic carbocycles. The summed E-state index contributed by atoms with van der Waals surface area (Å²) < 4.78 is 0. The summed E-state index contributed by atoms with van der Waals surface area (Å²) in [4.78, 5) is 11.9. The lowest BCUT2D eigenvalue weighted by atomic mass is 10.0. The van der Waals surface area contributed by atoms with Crippen LogP contribution in [0.2, 0.25) is 5.02 Å². The number of hydrogen-bond donors (Lipinski definition) is 1. The van der Waals surface area contributed by atoms with E-state index in [-0.39, 0.29) is 5.91 Å². The van der Waals surface area contributed by atoms with Crippen molar-refractivity contribution in [3.8, 4) is 0 Å². The van der Waals surface area contributed by atoms with Gasteiger partial charge in [0.2, 0.25) is 5.91 Å². The van der Waals surface area contributed by atoms with Gasteiger partial charge in [-0.05, 0) is 35.1 Å². The summed E-state index contributed by atoms with van der Waals surface area (Å²) in [6.45, 7) is 5.01. The number of nitrogens with one attached hydrogen (secondary N) is 1. The van der Waals surface area contributed by atoms with Crippen molar-refractivity contribution in [2.45, 2.75) is 32.6 Å². The molecule has 116 valence electrons. The molecule has 0 saturated carbocycles. The third-order valence-corrected chi connectivity index (χ3v) is 4.06. The van der Waals surface area contributed by atoms with E-state index in [4.69, 9.17) is 11.6 Å². The summed E-state index contributed by atoms with van der Waals surface area (Å²) in [6, 6.07) is 16.0. The van der Waals surface area contributed by atoms with E-state index in [2.05, 4.69) is 43.4 Å². The second kappa shape index (κ2) is 8.00. The standard InChI is InChI=1S/C19H22ClNO/c1-14(2)16-9-7-15(8-10-16)11-12-21-19(22)13-17-5-3-4-6-18(17)20/h3-10,14H,11-13H2,1-2H3,(H,21,22). The minimum atomic E-state index is 0.00639. The molecule has 0 saturated heterocycles. The second-order valence-electron chi connectivity index (χ2n) is 5.76. The fourth-order valence-electron chi connectivity index (χ4n) is 2.29. The van der Waals surface area contributed by atoms with Crippen LogP contribution in [0, 0.1) is 0 Å². The van der Waals surface area contributed by atoms with Gasteiger partial charge in [-0.3, -0.25) is 4.79 Å². The minimum Gasteiger partial charge on any atom is -0.355 e. The molecule has 0 aromatic heterocycles. The van der Waals surface area contributed by atoms with Gasteiger partial charge in [-0.1, -0.05) is 67.9 Å². The number of carbonyl (C=O) groups excluding carboxylic acids is 1. The highest BCUT2D eigenvalue weighted by Crippen LogP contribution is 2.16. The fraction of sp³-hybridized carbons (Fsp3) is 0.316. The van der Waals surface area contributed by atoms with Gasteiger partial charge in [0.05, 0.1) is 6.42 Å². The molecule has 2 aromatic carbocycles. The average Bonchev–Trinajstić information content (AvgIpc) is 2.50. The van der Waals surface area contributed by atoms with E-state index in [0.717, 1.165) is 12.0 Å². The molecule has 0 radical (unpaired) electrons. The molecule has 0 bridgehead atoms. The van der Waals surface area contributed by atoms with Gasteiger partial charge in [-0.2, -0.15) is 0 Å². The van der Waals surface area contributed by atoms with E-state index in [9.17, 15) is 4.79 Å². The Morgan fingerprint density at radius 1 is 1.09 bits per heavy atom. The summed E-state index contributed by atoms with van der Waals surface area (Å²) >= 11 is 6.06. The molecule has 2 nitrogen and oxygen atoms in total. The van der Waals surface area contributed by atoms with Crippen LogP contribution >= 0.6 is 11.6 Å². The maximum atomic E-state index is 11.9. The summed E-state index contributed by atoms with van der Waals surface area (Å²) in [5, 5.41) is 3.59. The van der Waals surface area contributed by atoms with Crippen LogP contribution in [0.15, 0.2) is 48.5 Å². The van der Waals surface area contributed by atoms with Gasteiger partial charge in [0.25, 0.3) is 0 Å². The Hall–Kier alpha value is -1.80. The lowest BCUT2D eigenvalue weighted by Crippen LogP contribution is -2.27.